The second kappa shape index (κ2) is 8.20. The molecule has 0 unspecified atom stereocenters. The average molecular weight is 381 g/mol. The Bertz CT molecular complexity index is 787. The first-order valence-electron chi connectivity index (χ1n) is 8.90. The molecule has 26 heavy (non-hydrogen) atoms. The molecule has 0 aromatic heterocycles. The van der Waals surface area contributed by atoms with Crippen molar-refractivity contribution in [3.05, 3.63) is 34.9 Å². The van der Waals surface area contributed by atoms with Crippen LogP contribution in [0.4, 0.5) is 0 Å². The third-order valence-electron chi connectivity index (χ3n) is 5.02. The van der Waals surface area contributed by atoms with Crippen LogP contribution in [0, 0.1) is 13.8 Å². The molecule has 1 amide bonds. The molecule has 0 spiro atoms. The van der Waals surface area contributed by atoms with E-state index in [2.05, 4.69) is 0 Å². The molecular formula is C19H27NO5S. The number of sulfone groups is 1. The second-order valence-corrected chi connectivity index (χ2v) is 9.22. The summed E-state index contributed by atoms with van der Waals surface area (Å²) in [4.78, 5) is 26.4. The molecule has 144 valence electrons. The van der Waals surface area contributed by atoms with Gasteiger partial charge in [-0.3, -0.25) is 4.79 Å². The Hall–Kier alpha value is -1.89. The van der Waals surface area contributed by atoms with Crippen LogP contribution >= 0.6 is 0 Å². The van der Waals surface area contributed by atoms with Gasteiger partial charge in [-0.2, -0.15) is 0 Å². The summed E-state index contributed by atoms with van der Waals surface area (Å²) < 4.78 is 28.7. The van der Waals surface area contributed by atoms with Gasteiger partial charge in [0.15, 0.2) is 16.4 Å². The van der Waals surface area contributed by atoms with Gasteiger partial charge in [0, 0.05) is 12.1 Å². The van der Waals surface area contributed by atoms with Crippen molar-refractivity contribution in [2.24, 2.45) is 0 Å². The maximum Gasteiger partial charge on any atom is 0.338 e. The van der Waals surface area contributed by atoms with Crippen LogP contribution < -0.4 is 0 Å². The van der Waals surface area contributed by atoms with E-state index in [1.54, 1.807) is 17.0 Å². The van der Waals surface area contributed by atoms with E-state index in [0.717, 1.165) is 11.1 Å². The van der Waals surface area contributed by atoms with Crippen LogP contribution in [0.5, 0.6) is 0 Å². The van der Waals surface area contributed by atoms with E-state index in [1.165, 1.54) is 0 Å². The lowest BCUT2D eigenvalue weighted by molar-refractivity contribution is -0.138. The van der Waals surface area contributed by atoms with Crippen molar-refractivity contribution in [3.8, 4) is 0 Å². The third kappa shape index (κ3) is 4.84. The summed E-state index contributed by atoms with van der Waals surface area (Å²) in [6.45, 7) is 7.30. The molecule has 1 heterocycles. The van der Waals surface area contributed by atoms with E-state index >= 15 is 0 Å². The van der Waals surface area contributed by atoms with Crippen molar-refractivity contribution < 1.29 is 22.7 Å². The van der Waals surface area contributed by atoms with Gasteiger partial charge >= 0.3 is 5.97 Å². The number of esters is 1. The second-order valence-electron chi connectivity index (χ2n) is 6.99. The highest BCUT2D eigenvalue weighted by atomic mass is 32.2. The molecular weight excluding hydrogens is 354 g/mol. The van der Waals surface area contributed by atoms with Crippen LogP contribution in [0.1, 0.15) is 48.2 Å². The van der Waals surface area contributed by atoms with Crippen LogP contribution in [0.2, 0.25) is 0 Å². The van der Waals surface area contributed by atoms with E-state index in [0.29, 0.717) is 18.4 Å². The van der Waals surface area contributed by atoms with Gasteiger partial charge in [0.2, 0.25) is 0 Å². The molecule has 0 N–H and O–H groups in total. The fraction of sp³-hybridized carbons (Fsp3) is 0.579. The van der Waals surface area contributed by atoms with Crippen LogP contribution in [0.25, 0.3) is 0 Å². The number of amides is 1. The molecule has 0 radical (unpaired) electrons. The van der Waals surface area contributed by atoms with Crippen LogP contribution in [-0.2, 0) is 19.4 Å². The molecule has 1 aliphatic rings. The number of hydrogen-bond donors (Lipinski definition) is 0. The Kier molecular flexibility index (Phi) is 6.44. The molecule has 1 aromatic carbocycles. The summed E-state index contributed by atoms with van der Waals surface area (Å²) in [5.74, 6) is -0.822. The number of rotatable bonds is 6. The Morgan fingerprint density at radius 1 is 1.27 bits per heavy atom. The fourth-order valence-corrected chi connectivity index (χ4v) is 4.87. The molecule has 7 heteroatoms. The Labute approximate surface area is 155 Å². The molecule has 1 aliphatic heterocycles. The molecule has 1 fully saturated rings. The van der Waals surface area contributed by atoms with Crippen molar-refractivity contribution in [1.29, 1.82) is 0 Å². The third-order valence-corrected chi connectivity index (χ3v) is 6.78. The average Bonchev–Trinajstić information content (AvgIpc) is 2.94. The number of ether oxygens (including phenoxy) is 1. The standard InChI is InChI=1S/C19H27NO5S/c1-5-15(4)20(17-8-9-26(23,24)12-17)18(21)11-25-19(22)16-7-6-13(2)14(3)10-16/h6-7,10,15,17H,5,8-9,11-12H2,1-4H3/t15-,17-/m1/s1. The lowest BCUT2D eigenvalue weighted by Gasteiger charge is -2.33. The van der Waals surface area contributed by atoms with Gasteiger partial charge in [-0.1, -0.05) is 13.0 Å². The summed E-state index contributed by atoms with van der Waals surface area (Å²) >= 11 is 0. The van der Waals surface area contributed by atoms with Gasteiger partial charge in [-0.15, -0.1) is 0 Å². The van der Waals surface area contributed by atoms with Crippen LogP contribution in [-0.4, -0.2) is 55.4 Å². The number of nitrogens with zero attached hydrogens (tertiary/aromatic N) is 1. The maximum atomic E-state index is 12.7. The Balaban J connectivity index is 2.04. The minimum atomic E-state index is -3.10. The molecule has 1 saturated heterocycles. The summed E-state index contributed by atoms with van der Waals surface area (Å²) in [6, 6.07) is 4.79. The predicted octanol–water partition coefficient (Wildman–Crippen LogP) is 2.27. The van der Waals surface area contributed by atoms with E-state index in [-0.39, 0.29) is 36.1 Å². The van der Waals surface area contributed by atoms with Crippen molar-refractivity contribution in [2.75, 3.05) is 18.1 Å². The predicted molar refractivity (Wildman–Crippen MR) is 99.9 cm³/mol. The summed E-state index contributed by atoms with van der Waals surface area (Å²) in [6.07, 6.45) is 1.14. The number of hydrogen-bond acceptors (Lipinski definition) is 5. The SMILES string of the molecule is CC[C@@H](C)N(C(=O)COC(=O)c1ccc(C)c(C)c1)[C@@H]1CCS(=O)(=O)C1. The molecule has 0 aliphatic carbocycles. The normalized spacial score (nSPS) is 19.8. The van der Waals surface area contributed by atoms with E-state index in [9.17, 15) is 18.0 Å². The van der Waals surface area contributed by atoms with Crippen LogP contribution in [0.3, 0.4) is 0 Å². The zero-order chi connectivity index (χ0) is 19.5. The summed E-state index contributed by atoms with van der Waals surface area (Å²) in [5, 5.41) is 0. The first-order chi connectivity index (χ1) is 12.1. The highest BCUT2D eigenvalue weighted by molar-refractivity contribution is 7.91. The zero-order valence-electron chi connectivity index (χ0n) is 15.8. The van der Waals surface area contributed by atoms with Crippen molar-refractivity contribution in [1.82, 2.24) is 4.90 Å². The van der Waals surface area contributed by atoms with E-state index < -0.39 is 15.8 Å². The molecule has 2 atom stereocenters. The molecule has 6 nitrogen and oxygen atoms in total. The summed E-state index contributed by atoms with van der Waals surface area (Å²) in [5.41, 5.74) is 2.45. The lowest BCUT2D eigenvalue weighted by Crippen LogP contribution is -2.48. The highest BCUT2D eigenvalue weighted by Gasteiger charge is 2.36. The van der Waals surface area contributed by atoms with Gasteiger partial charge < -0.3 is 9.64 Å². The van der Waals surface area contributed by atoms with Crippen LogP contribution in [0.15, 0.2) is 18.2 Å². The lowest BCUT2D eigenvalue weighted by atomic mass is 10.1. The fourth-order valence-electron chi connectivity index (χ4n) is 3.15. The van der Waals surface area contributed by atoms with Gasteiger partial charge in [0.25, 0.3) is 5.91 Å². The molecule has 2 rings (SSSR count). The van der Waals surface area contributed by atoms with E-state index in [4.69, 9.17) is 4.74 Å². The van der Waals surface area contributed by atoms with Crippen molar-refractivity contribution in [3.63, 3.8) is 0 Å². The van der Waals surface area contributed by atoms with Crippen molar-refractivity contribution in [2.45, 2.75) is 52.6 Å². The monoisotopic (exact) mass is 381 g/mol. The van der Waals surface area contributed by atoms with Crippen molar-refractivity contribution >= 4 is 21.7 Å². The highest BCUT2D eigenvalue weighted by Crippen LogP contribution is 2.21. The Morgan fingerprint density at radius 3 is 2.50 bits per heavy atom. The zero-order valence-corrected chi connectivity index (χ0v) is 16.6. The first-order valence-corrected chi connectivity index (χ1v) is 10.7. The van der Waals surface area contributed by atoms with E-state index in [1.807, 2.05) is 33.8 Å². The largest absolute Gasteiger partial charge is 0.452 e. The number of aryl methyl sites for hydroxylation is 2. The first kappa shape index (κ1) is 20.4. The molecule has 1 aromatic rings. The number of carbonyl (C=O) groups is 2. The molecule has 0 saturated carbocycles. The topological polar surface area (TPSA) is 80.8 Å². The minimum Gasteiger partial charge on any atom is -0.452 e. The van der Waals surface area contributed by atoms with Gasteiger partial charge in [-0.05, 0) is 56.9 Å². The van der Waals surface area contributed by atoms with Gasteiger partial charge in [-0.25, -0.2) is 13.2 Å². The molecule has 0 bridgehead atoms. The van der Waals surface area contributed by atoms with Gasteiger partial charge in [0.1, 0.15) is 0 Å². The Morgan fingerprint density at radius 2 is 1.96 bits per heavy atom. The smallest absolute Gasteiger partial charge is 0.338 e. The number of carbonyl (C=O) groups excluding carboxylic acids is 2. The number of benzene rings is 1. The van der Waals surface area contributed by atoms with Gasteiger partial charge in [0.05, 0.1) is 17.1 Å². The summed E-state index contributed by atoms with van der Waals surface area (Å²) in [7, 11) is -3.10. The minimum absolute atomic E-state index is 0.0197. The quantitative estimate of drug-likeness (QED) is 0.706. The maximum absolute atomic E-state index is 12.7.